The van der Waals surface area contributed by atoms with Gasteiger partial charge in [0.1, 0.15) is 11.5 Å². The number of nitrogens with zero attached hydrogens (tertiary/aromatic N) is 2. The van der Waals surface area contributed by atoms with Crippen molar-refractivity contribution in [2.45, 2.75) is 13.8 Å². The van der Waals surface area contributed by atoms with Crippen molar-refractivity contribution >= 4 is 12.0 Å². The van der Waals surface area contributed by atoms with E-state index < -0.39 is 0 Å². The van der Waals surface area contributed by atoms with E-state index in [1.807, 2.05) is 43.0 Å². The molecule has 1 aliphatic heterocycles. The van der Waals surface area contributed by atoms with E-state index >= 15 is 0 Å². The van der Waals surface area contributed by atoms with E-state index in [2.05, 4.69) is 29.2 Å². The quantitative estimate of drug-likeness (QED) is 0.865. The van der Waals surface area contributed by atoms with Crippen molar-refractivity contribution in [3.8, 4) is 0 Å². The summed E-state index contributed by atoms with van der Waals surface area (Å²) in [7, 11) is 0. The Bertz CT molecular complexity index is 710. The molecular weight excluding hydrogens is 300 g/mol. The Morgan fingerprint density at radius 3 is 2.46 bits per heavy atom. The Morgan fingerprint density at radius 1 is 1.12 bits per heavy atom. The third-order valence-corrected chi connectivity index (χ3v) is 4.40. The molecule has 0 radical (unpaired) electrons. The zero-order valence-electron chi connectivity index (χ0n) is 14.4. The Morgan fingerprint density at radius 2 is 1.83 bits per heavy atom. The molecule has 1 aliphatic rings. The standard InChI is InChI=1S/C20H24N2O2/c1-16-15-19(17(2)24-16)20(23)22-13-11-21(12-14-22)10-6-9-18-7-4-3-5-8-18/h3-9,15H,10-14H2,1-2H3. The average Bonchev–Trinajstić information content (AvgIpc) is 2.94. The van der Waals surface area contributed by atoms with Crippen LogP contribution in [0.5, 0.6) is 0 Å². The molecular formula is C20H24N2O2. The van der Waals surface area contributed by atoms with E-state index in [-0.39, 0.29) is 5.91 Å². The van der Waals surface area contributed by atoms with Crippen LogP contribution in [0.25, 0.3) is 6.08 Å². The number of carbonyl (C=O) groups is 1. The van der Waals surface area contributed by atoms with Gasteiger partial charge in [-0.25, -0.2) is 0 Å². The molecule has 3 rings (SSSR count). The van der Waals surface area contributed by atoms with Gasteiger partial charge in [-0.3, -0.25) is 9.69 Å². The summed E-state index contributed by atoms with van der Waals surface area (Å²) in [6.45, 7) is 7.98. The number of hydrogen-bond donors (Lipinski definition) is 0. The van der Waals surface area contributed by atoms with Gasteiger partial charge in [0, 0.05) is 32.7 Å². The van der Waals surface area contributed by atoms with Crippen molar-refractivity contribution in [1.29, 1.82) is 0 Å². The van der Waals surface area contributed by atoms with Crippen molar-refractivity contribution in [2.24, 2.45) is 0 Å². The highest BCUT2D eigenvalue weighted by Crippen LogP contribution is 2.17. The summed E-state index contributed by atoms with van der Waals surface area (Å²) < 4.78 is 5.48. The van der Waals surface area contributed by atoms with Crippen LogP contribution in [0.15, 0.2) is 46.9 Å². The molecule has 0 saturated carbocycles. The fourth-order valence-electron chi connectivity index (χ4n) is 3.05. The minimum atomic E-state index is 0.0869. The molecule has 2 aromatic rings. The van der Waals surface area contributed by atoms with Gasteiger partial charge in [0.15, 0.2) is 0 Å². The third-order valence-electron chi connectivity index (χ3n) is 4.40. The Kier molecular flexibility index (Phi) is 5.16. The molecule has 0 bridgehead atoms. The predicted octanol–water partition coefficient (Wildman–Crippen LogP) is 3.37. The maximum Gasteiger partial charge on any atom is 0.257 e. The van der Waals surface area contributed by atoms with Crippen molar-refractivity contribution in [3.05, 3.63) is 65.1 Å². The normalized spacial score (nSPS) is 16.0. The van der Waals surface area contributed by atoms with E-state index in [1.54, 1.807) is 0 Å². The maximum absolute atomic E-state index is 12.6. The Labute approximate surface area is 143 Å². The van der Waals surface area contributed by atoms with Gasteiger partial charge in [-0.1, -0.05) is 42.5 Å². The largest absolute Gasteiger partial charge is 0.466 e. The van der Waals surface area contributed by atoms with Crippen molar-refractivity contribution in [2.75, 3.05) is 32.7 Å². The van der Waals surface area contributed by atoms with Crippen LogP contribution in [-0.2, 0) is 0 Å². The van der Waals surface area contributed by atoms with E-state index in [1.165, 1.54) is 5.56 Å². The molecule has 2 heterocycles. The molecule has 0 atom stereocenters. The summed E-state index contributed by atoms with van der Waals surface area (Å²) >= 11 is 0. The fourth-order valence-corrected chi connectivity index (χ4v) is 3.05. The highest BCUT2D eigenvalue weighted by atomic mass is 16.3. The molecule has 0 unspecified atom stereocenters. The number of hydrogen-bond acceptors (Lipinski definition) is 3. The number of aryl methyl sites for hydroxylation is 2. The molecule has 1 aromatic carbocycles. The van der Waals surface area contributed by atoms with Crippen molar-refractivity contribution < 1.29 is 9.21 Å². The zero-order valence-corrected chi connectivity index (χ0v) is 14.4. The molecule has 0 aliphatic carbocycles. The summed E-state index contributed by atoms with van der Waals surface area (Å²) in [6, 6.07) is 12.2. The second-order valence-electron chi connectivity index (χ2n) is 6.23. The smallest absolute Gasteiger partial charge is 0.257 e. The van der Waals surface area contributed by atoms with E-state index in [0.29, 0.717) is 11.3 Å². The summed E-state index contributed by atoms with van der Waals surface area (Å²) in [5.41, 5.74) is 1.92. The predicted molar refractivity (Wildman–Crippen MR) is 96.0 cm³/mol. The molecule has 1 fully saturated rings. The second-order valence-corrected chi connectivity index (χ2v) is 6.23. The molecule has 1 aromatic heterocycles. The van der Waals surface area contributed by atoms with E-state index in [0.717, 1.165) is 38.5 Å². The third kappa shape index (κ3) is 3.95. The van der Waals surface area contributed by atoms with Crippen molar-refractivity contribution in [3.63, 3.8) is 0 Å². The highest BCUT2D eigenvalue weighted by Gasteiger charge is 2.24. The van der Waals surface area contributed by atoms with Gasteiger partial charge >= 0.3 is 0 Å². The summed E-state index contributed by atoms with van der Waals surface area (Å²) in [6.07, 6.45) is 4.34. The monoisotopic (exact) mass is 324 g/mol. The van der Waals surface area contributed by atoms with Crippen LogP contribution in [-0.4, -0.2) is 48.4 Å². The van der Waals surface area contributed by atoms with Gasteiger partial charge in [0.2, 0.25) is 0 Å². The molecule has 126 valence electrons. The topological polar surface area (TPSA) is 36.7 Å². The molecule has 4 heteroatoms. The Balaban J connectivity index is 1.50. The number of furan rings is 1. The molecule has 24 heavy (non-hydrogen) atoms. The van der Waals surface area contributed by atoms with Crippen LogP contribution in [0, 0.1) is 13.8 Å². The zero-order chi connectivity index (χ0) is 16.9. The first-order chi connectivity index (χ1) is 11.6. The molecule has 1 saturated heterocycles. The number of amides is 1. The van der Waals surface area contributed by atoms with E-state index in [9.17, 15) is 4.79 Å². The minimum Gasteiger partial charge on any atom is -0.466 e. The number of benzene rings is 1. The molecule has 4 nitrogen and oxygen atoms in total. The van der Waals surface area contributed by atoms with Crippen LogP contribution >= 0.6 is 0 Å². The summed E-state index contributed by atoms with van der Waals surface area (Å²) in [5.74, 6) is 1.59. The number of carbonyl (C=O) groups excluding carboxylic acids is 1. The van der Waals surface area contributed by atoms with Crippen LogP contribution < -0.4 is 0 Å². The summed E-state index contributed by atoms with van der Waals surface area (Å²) in [5, 5.41) is 0. The Hall–Kier alpha value is -2.33. The van der Waals surface area contributed by atoms with Gasteiger partial charge in [-0.05, 0) is 25.5 Å². The first-order valence-corrected chi connectivity index (χ1v) is 8.44. The van der Waals surface area contributed by atoms with Gasteiger partial charge in [0.25, 0.3) is 5.91 Å². The van der Waals surface area contributed by atoms with Crippen LogP contribution in [0.1, 0.15) is 27.4 Å². The second kappa shape index (κ2) is 7.49. The van der Waals surface area contributed by atoms with E-state index in [4.69, 9.17) is 4.42 Å². The lowest BCUT2D eigenvalue weighted by Gasteiger charge is -2.34. The lowest BCUT2D eigenvalue weighted by molar-refractivity contribution is 0.0648. The fraction of sp³-hybridized carbons (Fsp3) is 0.350. The molecule has 1 amide bonds. The SMILES string of the molecule is Cc1cc(C(=O)N2CCN(CC=Cc3ccccc3)CC2)c(C)o1. The average molecular weight is 324 g/mol. The van der Waals surface area contributed by atoms with Gasteiger partial charge in [-0.15, -0.1) is 0 Å². The van der Waals surface area contributed by atoms with Crippen LogP contribution in [0.4, 0.5) is 0 Å². The van der Waals surface area contributed by atoms with Gasteiger partial charge < -0.3 is 9.32 Å². The minimum absolute atomic E-state index is 0.0869. The number of rotatable bonds is 4. The maximum atomic E-state index is 12.6. The first kappa shape index (κ1) is 16.5. The lowest BCUT2D eigenvalue weighted by Crippen LogP contribution is -2.48. The number of piperazine rings is 1. The first-order valence-electron chi connectivity index (χ1n) is 8.44. The summed E-state index contributed by atoms with van der Waals surface area (Å²) in [4.78, 5) is 16.9. The van der Waals surface area contributed by atoms with Gasteiger partial charge in [0.05, 0.1) is 5.56 Å². The highest BCUT2D eigenvalue weighted by molar-refractivity contribution is 5.95. The van der Waals surface area contributed by atoms with Crippen molar-refractivity contribution in [1.82, 2.24) is 9.80 Å². The van der Waals surface area contributed by atoms with Crippen LogP contribution in [0.3, 0.4) is 0 Å². The van der Waals surface area contributed by atoms with Crippen LogP contribution in [0.2, 0.25) is 0 Å². The van der Waals surface area contributed by atoms with Gasteiger partial charge in [-0.2, -0.15) is 0 Å². The molecule has 0 spiro atoms. The lowest BCUT2D eigenvalue weighted by atomic mass is 10.2. The molecule has 0 N–H and O–H groups in total.